The van der Waals surface area contributed by atoms with Crippen molar-refractivity contribution < 1.29 is 4.42 Å². The Bertz CT molecular complexity index is 2910. The van der Waals surface area contributed by atoms with E-state index in [1.54, 1.807) is 4.40 Å². The first kappa shape index (κ1) is 27.6. The van der Waals surface area contributed by atoms with Crippen molar-refractivity contribution in [3.8, 4) is 45.3 Å². The maximum Gasteiger partial charge on any atom is 0.267 e. The predicted molar refractivity (Wildman–Crippen MR) is 197 cm³/mol. The number of thiazole rings is 1. The van der Waals surface area contributed by atoms with E-state index in [0.29, 0.717) is 33.3 Å². The van der Waals surface area contributed by atoms with Crippen LogP contribution in [0.4, 0.5) is 0 Å². The molecule has 6 aromatic carbocycles. The van der Waals surface area contributed by atoms with E-state index < -0.39 is 0 Å². The fourth-order valence-corrected chi connectivity index (χ4v) is 7.69. The molecular weight excluding hydrogens is 627 g/mol. The normalized spacial score (nSPS) is 11.8. The first-order chi connectivity index (χ1) is 24.2. The van der Waals surface area contributed by atoms with Gasteiger partial charge >= 0.3 is 0 Å². The highest BCUT2D eigenvalue weighted by Gasteiger charge is 2.20. The van der Waals surface area contributed by atoms with Gasteiger partial charge in [-0.3, -0.25) is 9.20 Å². The van der Waals surface area contributed by atoms with Crippen LogP contribution >= 0.6 is 11.3 Å². The van der Waals surface area contributed by atoms with E-state index in [0.717, 1.165) is 60.0 Å². The molecule has 49 heavy (non-hydrogen) atoms. The van der Waals surface area contributed by atoms with E-state index >= 15 is 0 Å². The second-order valence-electron chi connectivity index (χ2n) is 11.8. The number of nitrogens with zero attached hydrogens (tertiary/aromatic N) is 5. The molecule has 4 heterocycles. The van der Waals surface area contributed by atoms with E-state index in [4.69, 9.17) is 24.4 Å². The molecule has 10 aromatic rings. The summed E-state index contributed by atoms with van der Waals surface area (Å²) in [5.74, 6) is 1.75. The van der Waals surface area contributed by atoms with Gasteiger partial charge in [-0.1, -0.05) is 108 Å². The van der Waals surface area contributed by atoms with Crippen LogP contribution in [0.5, 0.6) is 0 Å². The first-order valence-electron chi connectivity index (χ1n) is 15.9. The minimum Gasteiger partial charge on any atom is -0.456 e. The molecule has 0 fully saturated rings. The highest BCUT2D eigenvalue weighted by atomic mass is 32.1. The van der Waals surface area contributed by atoms with Gasteiger partial charge in [0, 0.05) is 27.5 Å². The molecule has 0 aliphatic rings. The van der Waals surface area contributed by atoms with Crippen LogP contribution in [0.15, 0.2) is 149 Å². The molecule has 4 aromatic heterocycles. The monoisotopic (exact) mass is 649 g/mol. The van der Waals surface area contributed by atoms with E-state index in [2.05, 4.69) is 6.07 Å². The number of rotatable bonds is 4. The number of furan rings is 1. The Labute approximate surface area is 282 Å². The minimum absolute atomic E-state index is 0.0920. The SMILES string of the molecule is O=c1c2c(-c3cccc4oc5ccc(-c6nc(-c7ccccc7)nc(-c7ccccc7)n6)cc5c34)cccc2nc2sc3ccccc3n12. The third-order valence-electron chi connectivity index (χ3n) is 8.92. The van der Waals surface area contributed by atoms with Crippen LogP contribution in [-0.4, -0.2) is 24.3 Å². The number of aromatic nitrogens is 5. The molecule has 0 spiro atoms. The van der Waals surface area contributed by atoms with Crippen molar-refractivity contribution in [2.45, 2.75) is 0 Å². The average molecular weight is 650 g/mol. The summed E-state index contributed by atoms with van der Waals surface area (Å²) in [5, 5.41) is 2.38. The van der Waals surface area contributed by atoms with Crippen LogP contribution in [0.3, 0.4) is 0 Å². The van der Waals surface area contributed by atoms with Crippen molar-refractivity contribution in [2.24, 2.45) is 0 Å². The lowest BCUT2D eigenvalue weighted by Gasteiger charge is -2.09. The molecule has 0 radical (unpaired) electrons. The van der Waals surface area contributed by atoms with Crippen molar-refractivity contribution in [2.75, 3.05) is 0 Å². The Morgan fingerprint density at radius 2 is 1.16 bits per heavy atom. The summed E-state index contributed by atoms with van der Waals surface area (Å²) in [6.07, 6.45) is 0. The maximum absolute atomic E-state index is 14.3. The average Bonchev–Trinajstić information content (AvgIpc) is 3.73. The molecule has 0 saturated heterocycles. The van der Waals surface area contributed by atoms with Crippen LogP contribution in [0.2, 0.25) is 0 Å². The van der Waals surface area contributed by atoms with Gasteiger partial charge < -0.3 is 4.42 Å². The quantitative estimate of drug-likeness (QED) is 0.189. The molecule has 10 rings (SSSR count). The standard InChI is InChI=1S/C41H23N5O2S/c47-40-36-28(15-9-17-30(36)42-41-46(40)31-18-7-8-20-34(31)49-41)27-16-10-19-33-35(27)29-23-26(21-22-32(29)48-33)39-44-37(24-11-3-1-4-12-24)43-38(45-39)25-13-5-2-6-14-25/h1-23H. The van der Waals surface area contributed by atoms with Crippen LogP contribution in [0.25, 0.3) is 93.3 Å². The highest BCUT2D eigenvalue weighted by Crippen LogP contribution is 2.40. The molecular formula is C41H23N5O2S. The van der Waals surface area contributed by atoms with Gasteiger partial charge in [0.2, 0.25) is 0 Å². The van der Waals surface area contributed by atoms with E-state index in [1.807, 2.05) is 133 Å². The Kier molecular flexibility index (Phi) is 6.06. The smallest absolute Gasteiger partial charge is 0.267 e. The maximum atomic E-state index is 14.3. The van der Waals surface area contributed by atoms with Crippen molar-refractivity contribution in [1.29, 1.82) is 0 Å². The minimum atomic E-state index is -0.0920. The van der Waals surface area contributed by atoms with Gasteiger partial charge in [-0.05, 0) is 53.6 Å². The molecule has 0 saturated carbocycles. The second-order valence-corrected chi connectivity index (χ2v) is 12.8. The summed E-state index contributed by atoms with van der Waals surface area (Å²) < 4.78 is 9.15. The molecule has 8 heteroatoms. The number of benzene rings is 6. The zero-order valence-corrected chi connectivity index (χ0v) is 26.6. The van der Waals surface area contributed by atoms with E-state index in [1.165, 1.54) is 11.3 Å². The van der Waals surface area contributed by atoms with Crippen LogP contribution in [0, 0.1) is 0 Å². The fourth-order valence-electron chi connectivity index (χ4n) is 6.67. The van der Waals surface area contributed by atoms with Gasteiger partial charge in [-0.25, -0.2) is 19.9 Å². The van der Waals surface area contributed by atoms with Gasteiger partial charge in [-0.15, -0.1) is 0 Å². The number of hydrogen-bond donors (Lipinski definition) is 0. The molecule has 7 nitrogen and oxygen atoms in total. The Morgan fingerprint density at radius 1 is 0.531 bits per heavy atom. The fraction of sp³-hybridized carbons (Fsp3) is 0. The zero-order chi connectivity index (χ0) is 32.5. The highest BCUT2D eigenvalue weighted by molar-refractivity contribution is 7.23. The zero-order valence-electron chi connectivity index (χ0n) is 25.7. The molecule has 0 aliphatic carbocycles. The predicted octanol–water partition coefficient (Wildman–Crippen LogP) is 9.81. The molecule has 0 amide bonds. The van der Waals surface area contributed by atoms with Crippen molar-refractivity contribution in [3.05, 3.63) is 150 Å². The Hall–Kier alpha value is -6.51. The molecule has 230 valence electrons. The van der Waals surface area contributed by atoms with Crippen LogP contribution in [-0.2, 0) is 0 Å². The number of fused-ring (bicyclic) bond motifs is 7. The van der Waals surface area contributed by atoms with Gasteiger partial charge in [-0.2, -0.15) is 0 Å². The summed E-state index contributed by atoms with van der Waals surface area (Å²) >= 11 is 1.52. The lowest BCUT2D eigenvalue weighted by molar-refractivity contribution is 0.669. The Balaban J connectivity index is 1.21. The summed E-state index contributed by atoms with van der Waals surface area (Å²) in [5.41, 5.74) is 7.21. The van der Waals surface area contributed by atoms with Gasteiger partial charge in [0.25, 0.3) is 5.56 Å². The third-order valence-corrected chi connectivity index (χ3v) is 9.94. The van der Waals surface area contributed by atoms with Crippen molar-refractivity contribution >= 4 is 59.4 Å². The number of para-hydroxylation sites is 1. The number of hydrogen-bond acceptors (Lipinski definition) is 7. The first-order valence-corrected chi connectivity index (χ1v) is 16.7. The van der Waals surface area contributed by atoms with Crippen molar-refractivity contribution in [1.82, 2.24) is 24.3 Å². The van der Waals surface area contributed by atoms with Crippen LogP contribution < -0.4 is 5.56 Å². The van der Waals surface area contributed by atoms with E-state index in [9.17, 15) is 4.79 Å². The molecule has 0 unspecified atom stereocenters. The lowest BCUT2D eigenvalue weighted by atomic mass is 9.96. The Morgan fingerprint density at radius 3 is 1.90 bits per heavy atom. The summed E-state index contributed by atoms with van der Waals surface area (Å²) in [4.78, 5) is 34.7. The summed E-state index contributed by atoms with van der Waals surface area (Å²) in [7, 11) is 0. The molecule has 0 aliphatic heterocycles. The topological polar surface area (TPSA) is 86.2 Å². The molecule has 0 bridgehead atoms. The second kappa shape index (κ2) is 10.8. The van der Waals surface area contributed by atoms with E-state index in [-0.39, 0.29) is 5.56 Å². The van der Waals surface area contributed by atoms with Gasteiger partial charge in [0.15, 0.2) is 22.4 Å². The summed E-state index contributed by atoms with van der Waals surface area (Å²) in [6.45, 7) is 0. The largest absolute Gasteiger partial charge is 0.456 e. The van der Waals surface area contributed by atoms with Gasteiger partial charge in [0.1, 0.15) is 11.2 Å². The molecule has 0 atom stereocenters. The van der Waals surface area contributed by atoms with Gasteiger partial charge in [0.05, 0.1) is 21.1 Å². The third kappa shape index (κ3) is 4.38. The lowest BCUT2D eigenvalue weighted by Crippen LogP contribution is -2.14. The molecule has 0 N–H and O–H groups in total. The van der Waals surface area contributed by atoms with Crippen molar-refractivity contribution in [3.63, 3.8) is 0 Å². The summed E-state index contributed by atoms with van der Waals surface area (Å²) in [6, 6.07) is 45.6. The van der Waals surface area contributed by atoms with Crippen LogP contribution in [0.1, 0.15) is 0 Å².